The molecule has 0 saturated carbocycles. The van der Waals surface area contributed by atoms with Crippen LogP contribution in [0.15, 0.2) is 36.4 Å². The third-order valence-corrected chi connectivity index (χ3v) is 3.43. The van der Waals surface area contributed by atoms with E-state index in [4.69, 9.17) is 0 Å². The van der Waals surface area contributed by atoms with Crippen LogP contribution >= 0.6 is 0 Å². The summed E-state index contributed by atoms with van der Waals surface area (Å²) in [5, 5.41) is 7.00. The van der Waals surface area contributed by atoms with Crippen molar-refractivity contribution in [3.05, 3.63) is 42.0 Å². The third kappa shape index (κ3) is 5.03. The summed E-state index contributed by atoms with van der Waals surface area (Å²) in [4.78, 5) is 0. The van der Waals surface area contributed by atoms with Crippen LogP contribution < -0.4 is 10.6 Å². The molecule has 1 unspecified atom stereocenters. The van der Waals surface area contributed by atoms with Gasteiger partial charge in [0.15, 0.2) is 0 Å². The van der Waals surface area contributed by atoms with E-state index >= 15 is 0 Å². The van der Waals surface area contributed by atoms with Gasteiger partial charge in [-0.25, -0.2) is 0 Å². The lowest BCUT2D eigenvalue weighted by molar-refractivity contribution is 0.361. The van der Waals surface area contributed by atoms with Crippen LogP contribution in [0.4, 0.5) is 0 Å². The first kappa shape index (κ1) is 13.3. The number of hydrogen-bond acceptors (Lipinski definition) is 2. The van der Waals surface area contributed by atoms with Crippen molar-refractivity contribution in [1.29, 1.82) is 0 Å². The Hall–Kier alpha value is -1.12. The van der Waals surface area contributed by atoms with Gasteiger partial charge in [0.05, 0.1) is 0 Å². The SMILES string of the molecule is C(=C\c1ccccc1)/CCNCC1CCCNC1. The van der Waals surface area contributed by atoms with E-state index in [-0.39, 0.29) is 0 Å². The molecule has 98 valence electrons. The molecule has 1 aromatic carbocycles. The van der Waals surface area contributed by atoms with Crippen LogP contribution in [0.2, 0.25) is 0 Å². The van der Waals surface area contributed by atoms with Gasteiger partial charge in [-0.2, -0.15) is 0 Å². The van der Waals surface area contributed by atoms with Crippen LogP contribution in [0, 0.1) is 5.92 Å². The van der Waals surface area contributed by atoms with Crippen LogP contribution in [0.25, 0.3) is 6.08 Å². The molecule has 0 amide bonds. The Labute approximate surface area is 110 Å². The average molecular weight is 244 g/mol. The highest BCUT2D eigenvalue weighted by atomic mass is 14.9. The molecule has 1 fully saturated rings. The highest BCUT2D eigenvalue weighted by Gasteiger charge is 2.11. The van der Waals surface area contributed by atoms with Crippen molar-refractivity contribution >= 4 is 6.08 Å². The molecule has 0 aliphatic carbocycles. The first-order chi connectivity index (χ1) is 8.95. The number of piperidine rings is 1. The fraction of sp³-hybridized carbons (Fsp3) is 0.500. The first-order valence-corrected chi connectivity index (χ1v) is 7.08. The Balaban J connectivity index is 1.54. The van der Waals surface area contributed by atoms with E-state index in [1.807, 2.05) is 0 Å². The zero-order valence-electron chi connectivity index (χ0n) is 11.1. The second kappa shape index (κ2) is 8.06. The topological polar surface area (TPSA) is 24.1 Å². The quantitative estimate of drug-likeness (QED) is 0.752. The van der Waals surface area contributed by atoms with E-state index < -0.39 is 0 Å². The predicted molar refractivity (Wildman–Crippen MR) is 78.6 cm³/mol. The number of rotatable bonds is 6. The molecule has 1 atom stereocenters. The molecule has 1 saturated heterocycles. The van der Waals surface area contributed by atoms with Crippen LogP contribution in [-0.2, 0) is 0 Å². The summed E-state index contributed by atoms with van der Waals surface area (Å²) in [6.45, 7) is 4.63. The maximum atomic E-state index is 3.55. The fourth-order valence-corrected chi connectivity index (χ4v) is 2.37. The standard InChI is InChI=1S/C16H24N2/c1-2-7-15(8-3-1)9-4-5-11-17-13-16-10-6-12-18-14-16/h1-4,7-9,16-18H,5-6,10-14H2/b9-4+. The predicted octanol–water partition coefficient (Wildman–Crippen LogP) is 2.68. The van der Waals surface area contributed by atoms with E-state index in [2.05, 4.69) is 53.1 Å². The van der Waals surface area contributed by atoms with Gasteiger partial charge < -0.3 is 10.6 Å². The minimum Gasteiger partial charge on any atom is -0.316 e. The molecule has 2 rings (SSSR count). The van der Waals surface area contributed by atoms with Gasteiger partial charge in [-0.05, 0) is 56.9 Å². The summed E-state index contributed by atoms with van der Waals surface area (Å²) in [6.07, 6.45) is 8.26. The van der Waals surface area contributed by atoms with E-state index in [0.29, 0.717) is 0 Å². The molecular formula is C16H24N2. The van der Waals surface area contributed by atoms with Crippen molar-refractivity contribution in [2.45, 2.75) is 19.3 Å². The minimum absolute atomic E-state index is 0.830. The Kier molecular flexibility index (Phi) is 5.97. The Morgan fingerprint density at radius 3 is 2.94 bits per heavy atom. The summed E-state index contributed by atoms with van der Waals surface area (Å²) >= 11 is 0. The third-order valence-electron chi connectivity index (χ3n) is 3.43. The maximum absolute atomic E-state index is 3.55. The number of nitrogens with one attached hydrogen (secondary N) is 2. The second-order valence-corrected chi connectivity index (χ2v) is 5.02. The van der Waals surface area contributed by atoms with Gasteiger partial charge in [-0.15, -0.1) is 0 Å². The summed E-state index contributed by atoms with van der Waals surface area (Å²) in [6, 6.07) is 10.5. The minimum atomic E-state index is 0.830. The molecule has 0 radical (unpaired) electrons. The van der Waals surface area contributed by atoms with Crippen molar-refractivity contribution < 1.29 is 0 Å². The maximum Gasteiger partial charge on any atom is -0.000825 e. The first-order valence-electron chi connectivity index (χ1n) is 7.08. The summed E-state index contributed by atoms with van der Waals surface area (Å²) in [5.74, 6) is 0.830. The van der Waals surface area contributed by atoms with Crippen molar-refractivity contribution in [3.8, 4) is 0 Å². The average Bonchev–Trinajstić information content (AvgIpc) is 2.45. The van der Waals surface area contributed by atoms with Crippen LogP contribution in [0.3, 0.4) is 0 Å². The van der Waals surface area contributed by atoms with Crippen LogP contribution in [0.1, 0.15) is 24.8 Å². The molecule has 0 bridgehead atoms. The van der Waals surface area contributed by atoms with E-state index in [9.17, 15) is 0 Å². The molecule has 18 heavy (non-hydrogen) atoms. The Morgan fingerprint density at radius 1 is 1.28 bits per heavy atom. The van der Waals surface area contributed by atoms with Gasteiger partial charge in [0, 0.05) is 0 Å². The van der Waals surface area contributed by atoms with Gasteiger partial charge in [0.25, 0.3) is 0 Å². The zero-order valence-corrected chi connectivity index (χ0v) is 11.1. The molecule has 2 nitrogen and oxygen atoms in total. The van der Waals surface area contributed by atoms with E-state index in [0.717, 1.165) is 25.4 Å². The van der Waals surface area contributed by atoms with Crippen LogP contribution in [-0.4, -0.2) is 26.2 Å². The number of benzene rings is 1. The van der Waals surface area contributed by atoms with Crippen molar-refractivity contribution in [2.75, 3.05) is 26.2 Å². The molecule has 2 heteroatoms. The largest absolute Gasteiger partial charge is 0.316 e. The summed E-state index contributed by atoms with van der Waals surface area (Å²) in [5.41, 5.74) is 1.29. The lowest BCUT2D eigenvalue weighted by atomic mass is 10.00. The van der Waals surface area contributed by atoms with E-state index in [1.165, 1.54) is 31.5 Å². The number of hydrogen-bond donors (Lipinski definition) is 2. The Morgan fingerprint density at radius 2 is 2.17 bits per heavy atom. The molecule has 1 aliphatic heterocycles. The second-order valence-electron chi connectivity index (χ2n) is 5.02. The molecule has 0 aromatic heterocycles. The molecule has 1 heterocycles. The van der Waals surface area contributed by atoms with Gasteiger partial charge in [0.2, 0.25) is 0 Å². The van der Waals surface area contributed by atoms with Crippen molar-refractivity contribution in [2.24, 2.45) is 5.92 Å². The molecule has 2 N–H and O–H groups in total. The molecule has 0 spiro atoms. The van der Waals surface area contributed by atoms with Gasteiger partial charge in [-0.1, -0.05) is 42.5 Å². The zero-order chi connectivity index (χ0) is 12.5. The molecular weight excluding hydrogens is 220 g/mol. The van der Waals surface area contributed by atoms with Gasteiger partial charge >= 0.3 is 0 Å². The van der Waals surface area contributed by atoms with Crippen LogP contribution in [0.5, 0.6) is 0 Å². The monoisotopic (exact) mass is 244 g/mol. The summed E-state index contributed by atoms with van der Waals surface area (Å²) < 4.78 is 0. The van der Waals surface area contributed by atoms with E-state index in [1.54, 1.807) is 0 Å². The Bertz CT molecular complexity index is 339. The highest BCUT2D eigenvalue weighted by Crippen LogP contribution is 2.08. The highest BCUT2D eigenvalue weighted by molar-refractivity contribution is 5.48. The smallest absolute Gasteiger partial charge is 0.000825 e. The lowest BCUT2D eigenvalue weighted by Crippen LogP contribution is -2.36. The van der Waals surface area contributed by atoms with Gasteiger partial charge in [0.1, 0.15) is 0 Å². The lowest BCUT2D eigenvalue weighted by Gasteiger charge is -2.22. The summed E-state index contributed by atoms with van der Waals surface area (Å²) in [7, 11) is 0. The van der Waals surface area contributed by atoms with Crippen molar-refractivity contribution in [3.63, 3.8) is 0 Å². The molecule has 1 aromatic rings. The van der Waals surface area contributed by atoms with Crippen molar-refractivity contribution in [1.82, 2.24) is 10.6 Å². The molecule has 1 aliphatic rings. The fourth-order valence-electron chi connectivity index (χ4n) is 2.37. The van der Waals surface area contributed by atoms with Gasteiger partial charge in [-0.3, -0.25) is 0 Å². The normalized spacial score (nSPS) is 20.3.